The maximum absolute atomic E-state index is 14.0. The molecular formula is C42H68N2O5. The Bertz CT molecular complexity index is 1350. The molecule has 5 saturated carbocycles. The number of piperidine rings is 1. The van der Waals surface area contributed by atoms with Crippen molar-refractivity contribution in [3.63, 3.8) is 0 Å². The minimum atomic E-state index is -1.14. The molecule has 7 nitrogen and oxygen atoms in total. The lowest BCUT2D eigenvalue weighted by Gasteiger charge is -2.73. The van der Waals surface area contributed by atoms with Crippen LogP contribution in [-0.2, 0) is 19.1 Å². The first-order valence-corrected chi connectivity index (χ1v) is 19.8. The number of fused-ring (bicyclic) bond motifs is 7. The van der Waals surface area contributed by atoms with Crippen molar-refractivity contribution in [1.82, 2.24) is 4.90 Å². The summed E-state index contributed by atoms with van der Waals surface area (Å²) in [6.07, 6.45) is 13.5. The second kappa shape index (κ2) is 12.4. The third kappa shape index (κ3) is 5.73. The molecule has 6 fully saturated rings. The van der Waals surface area contributed by atoms with E-state index < -0.39 is 11.4 Å². The number of nitrogens with two attached hydrogens (primary N) is 1. The van der Waals surface area contributed by atoms with E-state index >= 15 is 0 Å². The topological polar surface area (TPSA) is 110 Å². The maximum atomic E-state index is 14.0. The van der Waals surface area contributed by atoms with Crippen molar-refractivity contribution < 1.29 is 24.2 Å². The lowest BCUT2D eigenvalue weighted by Crippen LogP contribution is -2.67. The summed E-state index contributed by atoms with van der Waals surface area (Å²) in [6, 6.07) is 0.226. The first-order valence-electron chi connectivity index (χ1n) is 19.8. The van der Waals surface area contributed by atoms with E-state index in [9.17, 15) is 19.5 Å². The predicted molar refractivity (Wildman–Crippen MR) is 193 cm³/mol. The molecule has 0 aromatic rings. The number of amides is 1. The van der Waals surface area contributed by atoms with Gasteiger partial charge in [0.15, 0.2) is 0 Å². The lowest BCUT2D eigenvalue weighted by molar-refractivity contribution is -0.250. The number of aliphatic carboxylic acids is 1. The first kappa shape index (κ1) is 36.9. The molecule has 10 atom stereocenters. The molecule has 5 aliphatic carbocycles. The number of carboxylic acid groups (broad SMARTS) is 1. The molecule has 0 spiro atoms. The van der Waals surface area contributed by atoms with Crippen LogP contribution >= 0.6 is 0 Å². The first-order chi connectivity index (χ1) is 22.7. The van der Waals surface area contributed by atoms with E-state index in [1.54, 1.807) is 13.8 Å². The number of carbonyl (C=O) groups is 3. The molecule has 6 aliphatic rings. The molecule has 0 radical (unpaired) electrons. The highest BCUT2D eigenvalue weighted by molar-refractivity contribution is 5.81. The third-order valence-corrected chi connectivity index (χ3v) is 17.0. The quantitative estimate of drug-likeness (QED) is 0.207. The fraction of sp³-hybridized carbons (Fsp3) is 0.881. The number of rotatable bonds is 7. The van der Waals surface area contributed by atoms with Crippen LogP contribution in [0.5, 0.6) is 0 Å². The maximum Gasteiger partial charge on any atom is 0.309 e. The van der Waals surface area contributed by atoms with Gasteiger partial charge in [-0.2, -0.15) is 0 Å². The monoisotopic (exact) mass is 681 g/mol. The van der Waals surface area contributed by atoms with Crippen LogP contribution in [0.4, 0.5) is 0 Å². The normalized spacial score (nSPS) is 43.4. The van der Waals surface area contributed by atoms with Gasteiger partial charge < -0.3 is 20.5 Å². The Hall–Kier alpha value is -1.89. The van der Waals surface area contributed by atoms with Crippen LogP contribution in [0.25, 0.3) is 0 Å². The number of allylic oxidation sites excluding steroid dienone is 1. The van der Waals surface area contributed by atoms with E-state index in [4.69, 9.17) is 10.5 Å². The summed E-state index contributed by atoms with van der Waals surface area (Å²) < 4.78 is 6.18. The highest BCUT2D eigenvalue weighted by Crippen LogP contribution is 2.78. The van der Waals surface area contributed by atoms with Crippen LogP contribution in [0.1, 0.15) is 145 Å². The van der Waals surface area contributed by atoms with E-state index in [1.807, 2.05) is 0 Å². The number of hydrogen-bond donors (Lipinski definition) is 2. The van der Waals surface area contributed by atoms with E-state index in [0.29, 0.717) is 41.9 Å². The number of esters is 1. The Morgan fingerprint density at radius 1 is 0.857 bits per heavy atom. The molecule has 1 heterocycles. The molecule has 0 unspecified atom stereocenters. The number of hydrogen-bond acceptors (Lipinski definition) is 5. The molecule has 0 aromatic carbocycles. The lowest BCUT2D eigenvalue weighted by atomic mass is 9.32. The van der Waals surface area contributed by atoms with E-state index in [2.05, 4.69) is 53.0 Å². The zero-order valence-electron chi connectivity index (χ0n) is 32.2. The third-order valence-electron chi connectivity index (χ3n) is 17.0. The van der Waals surface area contributed by atoms with Crippen molar-refractivity contribution in [2.24, 2.45) is 67.8 Å². The van der Waals surface area contributed by atoms with Crippen LogP contribution in [-0.4, -0.2) is 53.1 Å². The van der Waals surface area contributed by atoms with E-state index in [-0.39, 0.29) is 51.6 Å². The van der Waals surface area contributed by atoms with Crippen molar-refractivity contribution in [3.8, 4) is 0 Å². The number of carboxylic acids is 1. The van der Waals surface area contributed by atoms with Gasteiger partial charge in [0.25, 0.3) is 0 Å². The standard InChI is InChI=1S/C42H68N2O5/c1-26(2)28-12-19-42(24-33(45)44-22-15-27(43)16-23-44)21-20-40(8)29(35(28)42)10-11-31-39(7)17-14-32(49-34(46)25-37(3,4)36(47)48)38(5,6)30(39)13-18-41(31,40)9/h27-32,35H,1,10-25,43H2,2-9H3,(H,47,48)/t28-,29+,30-,31+,32-,35+,39-,40+,41+,42+/m0/s1. The molecule has 1 amide bonds. The average molecular weight is 681 g/mol. The Morgan fingerprint density at radius 2 is 1.53 bits per heavy atom. The highest BCUT2D eigenvalue weighted by atomic mass is 16.5. The van der Waals surface area contributed by atoms with Gasteiger partial charge in [0.2, 0.25) is 5.91 Å². The van der Waals surface area contributed by atoms with Gasteiger partial charge in [-0.15, -0.1) is 0 Å². The summed E-state index contributed by atoms with van der Waals surface area (Å²) in [6.45, 7) is 24.1. The highest BCUT2D eigenvalue weighted by Gasteiger charge is 2.71. The number of ether oxygens (including phenoxy) is 1. The second-order valence-corrected chi connectivity index (χ2v) is 20.1. The summed E-state index contributed by atoms with van der Waals surface area (Å²) in [5.41, 5.74) is 6.82. The number of carbonyl (C=O) groups excluding carboxylic acids is 2. The minimum Gasteiger partial charge on any atom is -0.481 e. The van der Waals surface area contributed by atoms with Crippen molar-refractivity contribution in [1.29, 1.82) is 0 Å². The van der Waals surface area contributed by atoms with Crippen LogP contribution in [0.15, 0.2) is 12.2 Å². The molecule has 7 heteroatoms. The summed E-state index contributed by atoms with van der Waals surface area (Å²) in [4.78, 5) is 40.9. The van der Waals surface area contributed by atoms with Gasteiger partial charge in [0.05, 0.1) is 11.8 Å². The van der Waals surface area contributed by atoms with Crippen molar-refractivity contribution in [3.05, 3.63) is 12.2 Å². The van der Waals surface area contributed by atoms with E-state index in [0.717, 1.165) is 58.0 Å². The Morgan fingerprint density at radius 3 is 2.16 bits per heavy atom. The van der Waals surface area contributed by atoms with Gasteiger partial charge >= 0.3 is 11.9 Å². The molecule has 1 aliphatic heterocycles. The zero-order chi connectivity index (χ0) is 35.9. The van der Waals surface area contributed by atoms with Crippen LogP contribution in [0.2, 0.25) is 0 Å². The van der Waals surface area contributed by atoms with Gasteiger partial charge in [0.1, 0.15) is 6.10 Å². The molecule has 276 valence electrons. The number of nitrogens with zero attached hydrogens (tertiary/aromatic N) is 1. The molecule has 6 rings (SSSR count). The van der Waals surface area contributed by atoms with Gasteiger partial charge in [-0.05, 0) is 149 Å². The Kier molecular flexibility index (Phi) is 9.31. The second-order valence-electron chi connectivity index (χ2n) is 20.1. The van der Waals surface area contributed by atoms with Crippen molar-refractivity contribution in [2.45, 2.75) is 157 Å². The molecule has 3 N–H and O–H groups in total. The summed E-state index contributed by atoms with van der Waals surface area (Å²) in [5, 5.41) is 9.60. The SMILES string of the molecule is C=C(C)[C@@H]1CC[C@]2(CC(=O)N3CCC(N)CC3)CC[C@]3(C)[C@H](CC[C@@H]4[C@@]5(C)CC[C@H](OC(=O)CC(C)(C)C(=O)O)C(C)(C)[C@@H]5CC[C@]43C)[C@@H]12. The smallest absolute Gasteiger partial charge is 0.309 e. The van der Waals surface area contributed by atoms with Gasteiger partial charge in [-0.1, -0.05) is 46.8 Å². The number of likely N-dealkylation sites (tertiary alicyclic amines) is 1. The summed E-state index contributed by atoms with van der Waals surface area (Å²) in [7, 11) is 0. The minimum absolute atomic E-state index is 0.0773. The molecule has 49 heavy (non-hydrogen) atoms. The zero-order valence-corrected chi connectivity index (χ0v) is 32.2. The molecular weight excluding hydrogens is 612 g/mol. The molecule has 1 saturated heterocycles. The van der Waals surface area contributed by atoms with Crippen LogP contribution in [0, 0.1) is 62.1 Å². The fourth-order valence-electron chi connectivity index (χ4n) is 14.0. The van der Waals surface area contributed by atoms with Crippen LogP contribution in [0.3, 0.4) is 0 Å². The Labute approximate surface area is 296 Å². The van der Waals surface area contributed by atoms with Crippen LogP contribution < -0.4 is 5.73 Å². The predicted octanol–water partition coefficient (Wildman–Crippen LogP) is 8.40. The molecule has 0 bridgehead atoms. The average Bonchev–Trinajstić information content (AvgIpc) is 3.38. The van der Waals surface area contributed by atoms with Gasteiger partial charge in [0, 0.05) is 31.0 Å². The van der Waals surface area contributed by atoms with Gasteiger partial charge in [-0.3, -0.25) is 14.4 Å². The van der Waals surface area contributed by atoms with Crippen molar-refractivity contribution >= 4 is 17.8 Å². The fourth-order valence-corrected chi connectivity index (χ4v) is 14.0. The van der Waals surface area contributed by atoms with E-state index in [1.165, 1.54) is 37.7 Å². The van der Waals surface area contributed by atoms with Crippen molar-refractivity contribution in [2.75, 3.05) is 13.1 Å². The molecule has 0 aromatic heterocycles. The summed E-state index contributed by atoms with van der Waals surface area (Å²) in [5.74, 6) is 1.64. The Balaban J connectivity index is 1.24. The summed E-state index contributed by atoms with van der Waals surface area (Å²) >= 11 is 0. The largest absolute Gasteiger partial charge is 0.481 e. The van der Waals surface area contributed by atoms with Gasteiger partial charge in [-0.25, -0.2) is 0 Å².